The first-order chi connectivity index (χ1) is 16.0. The Kier molecular flexibility index (Phi) is 8.01. The van der Waals surface area contributed by atoms with Crippen LogP contribution in [0.4, 0.5) is 0 Å². The van der Waals surface area contributed by atoms with Crippen LogP contribution < -0.4 is 0 Å². The summed E-state index contributed by atoms with van der Waals surface area (Å²) in [6.45, 7) is 10.6. The fourth-order valence-electron chi connectivity index (χ4n) is 5.64. The molecule has 2 aliphatic carbocycles. The SMILES string of the molecule is CC(C)=CCC[C@H](C)[C@@H]1C=C[C@]2(C(=O)O)[C@@H](CC(C)=C[C@H]2/C=C(\C)c2ccc(C(=O)O)cc2)C1. The molecule has 0 heterocycles. The molecule has 2 aliphatic rings. The molecule has 4 nitrogen and oxygen atoms in total. The van der Waals surface area contributed by atoms with Crippen LogP contribution in [0.25, 0.3) is 5.57 Å². The van der Waals surface area contributed by atoms with Crippen molar-refractivity contribution in [3.05, 3.63) is 76.9 Å². The Bertz CT molecular complexity index is 1040. The van der Waals surface area contributed by atoms with E-state index in [1.54, 1.807) is 24.3 Å². The molecule has 4 heteroatoms. The standard InChI is InChI=1S/C30H38O4/c1-19(2)7-6-8-21(4)25-13-14-30(29(33)34)26(15-20(3)16-27(30)18-25)17-22(5)23-9-11-24(12-10-23)28(31)32/h7,9-15,17,21,25-27H,6,8,16,18H2,1-5H3,(H,31,32)(H,33,34)/b22-17+/t21-,25+,26-,27-,30+/m0/s1. The number of allylic oxidation sites excluding steroid dienone is 7. The minimum Gasteiger partial charge on any atom is -0.481 e. The lowest BCUT2D eigenvalue weighted by atomic mass is 9.55. The normalized spacial score (nSPS) is 27.4. The van der Waals surface area contributed by atoms with Gasteiger partial charge in [-0.15, -0.1) is 0 Å². The number of rotatable bonds is 8. The van der Waals surface area contributed by atoms with Crippen molar-refractivity contribution in [2.45, 2.75) is 60.3 Å². The van der Waals surface area contributed by atoms with Crippen LogP contribution in [0, 0.1) is 29.1 Å². The molecule has 1 aromatic carbocycles. The van der Waals surface area contributed by atoms with Gasteiger partial charge in [-0.25, -0.2) is 4.79 Å². The third kappa shape index (κ3) is 5.43. The van der Waals surface area contributed by atoms with Gasteiger partial charge in [0.05, 0.1) is 11.0 Å². The van der Waals surface area contributed by atoms with Gasteiger partial charge in [-0.1, -0.05) is 60.6 Å². The highest BCUT2D eigenvalue weighted by molar-refractivity contribution is 5.88. The van der Waals surface area contributed by atoms with Crippen molar-refractivity contribution in [3.63, 3.8) is 0 Å². The van der Waals surface area contributed by atoms with Gasteiger partial charge in [0.2, 0.25) is 0 Å². The molecule has 0 amide bonds. The number of carboxylic acids is 2. The van der Waals surface area contributed by atoms with Crippen molar-refractivity contribution in [3.8, 4) is 0 Å². The molecular formula is C30H38O4. The van der Waals surface area contributed by atoms with Crippen molar-refractivity contribution >= 4 is 17.5 Å². The molecular weight excluding hydrogens is 424 g/mol. The number of aliphatic carboxylic acids is 1. The van der Waals surface area contributed by atoms with Crippen LogP contribution in [-0.4, -0.2) is 22.2 Å². The van der Waals surface area contributed by atoms with E-state index in [4.69, 9.17) is 5.11 Å². The molecule has 182 valence electrons. The van der Waals surface area contributed by atoms with E-state index in [2.05, 4.69) is 52.0 Å². The van der Waals surface area contributed by atoms with E-state index >= 15 is 0 Å². The van der Waals surface area contributed by atoms with Crippen LogP contribution in [0.5, 0.6) is 0 Å². The fourth-order valence-corrected chi connectivity index (χ4v) is 5.64. The summed E-state index contributed by atoms with van der Waals surface area (Å²) in [6.07, 6.45) is 14.5. The Hall–Kier alpha value is -2.88. The van der Waals surface area contributed by atoms with E-state index in [1.165, 1.54) is 11.1 Å². The summed E-state index contributed by atoms with van der Waals surface area (Å²) in [7, 11) is 0. The lowest BCUT2D eigenvalue weighted by Gasteiger charge is -2.47. The van der Waals surface area contributed by atoms with E-state index in [-0.39, 0.29) is 17.4 Å². The highest BCUT2D eigenvalue weighted by Gasteiger charge is 2.52. The van der Waals surface area contributed by atoms with Crippen LogP contribution in [0.15, 0.2) is 65.8 Å². The van der Waals surface area contributed by atoms with Crippen molar-refractivity contribution in [1.29, 1.82) is 0 Å². The highest BCUT2D eigenvalue weighted by Crippen LogP contribution is 2.53. The lowest BCUT2D eigenvalue weighted by Crippen LogP contribution is -2.47. The van der Waals surface area contributed by atoms with Crippen LogP contribution in [0.1, 0.15) is 76.2 Å². The number of carbonyl (C=O) groups is 2. The molecule has 0 aliphatic heterocycles. The molecule has 5 atom stereocenters. The molecule has 34 heavy (non-hydrogen) atoms. The number of fused-ring (bicyclic) bond motifs is 1. The maximum absolute atomic E-state index is 12.8. The van der Waals surface area contributed by atoms with Crippen molar-refractivity contribution in [2.75, 3.05) is 0 Å². The molecule has 0 aromatic heterocycles. The number of hydrogen-bond acceptors (Lipinski definition) is 2. The second-order valence-corrected chi connectivity index (χ2v) is 10.5. The molecule has 0 radical (unpaired) electrons. The van der Waals surface area contributed by atoms with Crippen LogP contribution in [-0.2, 0) is 4.79 Å². The van der Waals surface area contributed by atoms with Crippen molar-refractivity contribution in [1.82, 2.24) is 0 Å². The molecule has 0 saturated carbocycles. The number of benzene rings is 1. The van der Waals surface area contributed by atoms with Crippen LogP contribution in [0.3, 0.4) is 0 Å². The third-order valence-electron chi connectivity index (χ3n) is 7.73. The van der Waals surface area contributed by atoms with Gasteiger partial charge in [-0.2, -0.15) is 0 Å². The zero-order valence-electron chi connectivity index (χ0n) is 21.0. The summed E-state index contributed by atoms with van der Waals surface area (Å²) >= 11 is 0. The summed E-state index contributed by atoms with van der Waals surface area (Å²) in [5.74, 6) is -1.01. The Morgan fingerprint density at radius 2 is 1.76 bits per heavy atom. The van der Waals surface area contributed by atoms with Gasteiger partial charge in [-0.3, -0.25) is 4.79 Å². The maximum Gasteiger partial charge on any atom is 0.335 e. The molecule has 0 saturated heterocycles. The topological polar surface area (TPSA) is 74.6 Å². The van der Waals surface area contributed by atoms with E-state index in [9.17, 15) is 14.7 Å². The summed E-state index contributed by atoms with van der Waals surface area (Å²) < 4.78 is 0. The Labute approximate surface area is 203 Å². The number of hydrogen-bond donors (Lipinski definition) is 2. The first kappa shape index (κ1) is 25.7. The predicted molar refractivity (Wildman–Crippen MR) is 138 cm³/mol. The minimum absolute atomic E-state index is 0.0549. The summed E-state index contributed by atoms with van der Waals surface area (Å²) in [4.78, 5) is 24.0. The summed E-state index contributed by atoms with van der Waals surface area (Å²) in [5, 5.41) is 19.7. The third-order valence-corrected chi connectivity index (χ3v) is 7.73. The maximum atomic E-state index is 12.8. The highest BCUT2D eigenvalue weighted by atomic mass is 16.4. The van der Waals surface area contributed by atoms with E-state index in [0.717, 1.165) is 36.8 Å². The smallest absolute Gasteiger partial charge is 0.335 e. The van der Waals surface area contributed by atoms with E-state index < -0.39 is 17.4 Å². The zero-order chi connectivity index (χ0) is 25.0. The molecule has 0 spiro atoms. The number of carboxylic acid groups (broad SMARTS) is 2. The Balaban J connectivity index is 1.91. The summed E-state index contributed by atoms with van der Waals surface area (Å²) in [5.41, 5.74) is 3.74. The lowest BCUT2D eigenvalue weighted by molar-refractivity contribution is -0.152. The predicted octanol–water partition coefficient (Wildman–Crippen LogP) is 7.40. The molecule has 3 rings (SSSR count). The number of aromatic carboxylic acids is 1. The molecule has 0 fully saturated rings. The molecule has 0 bridgehead atoms. The molecule has 0 unspecified atom stereocenters. The molecule has 1 aromatic rings. The van der Waals surface area contributed by atoms with E-state index in [0.29, 0.717) is 11.8 Å². The van der Waals surface area contributed by atoms with Gasteiger partial charge in [-0.05, 0) is 94.4 Å². The Morgan fingerprint density at radius 1 is 1.12 bits per heavy atom. The first-order valence-corrected chi connectivity index (χ1v) is 12.3. The van der Waals surface area contributed by atoms with Crippen molar-refractivity contribution < 1.29 is 19.8 Å². The van der Waals surface area contributed by atoms with Gasteiger partial charge in [0.25, 0.3) is 0 Å². The van der Waals surface area contributed by atoms with Gasteiger partial charge in [0.15, 0.2) is 0 Å². The average Bonchev–Trinajstić information content (AvgIpc) is 2.78. The van der Waals surface area contributed by atoms with Crippen LogP contribution >= 0.6 is 0 Å². The first-order valence-electron chi connectivity index (χ1n) is 12.3. The largest absolute Gasteiger partial charge is 0.481 e. The Morgan fingerprint density at radius 3 is 2.35 bits per heavy atom. The monoisotopic (exact) mass is 462 g/mol. The fraction of sp³-hybridized carbons (Fsp3) is 0.467. The average molecular weight is 463 g/mol. The summed E-state index contributed by atoms with van der Waals surface area (Å²) in [6, 6.07) is 6.77. The van der Waals surface area contributed by atoms with Gasteiger partial charge < -0.3 is 10.2 Å². The van der Waals surface area contributed by atoms with Gasteiger partial charge in [0, 0.05) is 5.92 Å². The quantitative estimate of drug-likeness (QED) is 0.395. The second-order valence-electron chi connectivity index (χ2n) is 10.5. The minimum atomic E-state index is -0.955. The van der Waals surface area contributed by atoms with Gasteiger partial charge >= 0.3 is 11.9 Å². The molecule has 2 N–H and O–H groups in total. The van der Waals surface area contributed by atoms with Crippen molar-refractivity contribution in [2.24, 2.45) is 29.1 Å². The zero-order valence-corrected chi connectivity index (χ0v) is 21.0. The van der Waals surface area contributed by atoms with E-state index in [1.807, 2.05) is 13.0 Å². The van der Waals surface area contributed by atoms with Gasteiger partial charge in [0.1, 0.15) is 0 Å². The second kappa shape index (κ2) is 10.6. The van der Waals surface area contributed by atoms with Crippen LogP contribution in [0.2, 0.25) is 0 Å².